The van der Waals surface area contributed by atoms with E-state index in [1.54, 1.807) is 25.2 Å². The quantitative estimate of drug-likeness (QED) is 0.817. The molecule has 26 heavy (non-hydrogen) atoms. The Morgan fingerprint density at radius 3 is 2.77 bits per heavy atom. The summed E-state index contributed by atoms with van der Waals surface area (Å²) in [5, 5.41) is 2.76. The molecule has 0 aromatic carbocycles. The third-order valence-electron chi connectivity index (χ3n) is 4.06. The second-order valence-electron chi connectivity index (χ2n) is 5.65. The monoisotopic (exact) mass is 359 g/mol. The summed E-state index contributed by atoms with van der Waals surface area (Å²) in [7, 11) is 4.59. The number of aromatic nitrogens is 3. The number of carbonyl (C=O) groups excluding carboxylic acids is 1. The maximum atomic E-state index is 12.8. The van der Waals surface area contributed by atoms with E-state index in [9.17, 15) is 4.79 Å². The SMILES string of the molecule is COc1cc(NC(=O)N2CCCc3ccc(C(OC)OC)nc32)ncn1. The minimum atomic E-state index is -0.585. The van der Waals surface area contributed by atoms with Crippen molar-refractivity contribution in [1.82, 2.24) is 15.0 Å². The van der Waals surface area contributed by atoms with Crippen LogP contribution in [0.2, 0.25) is 0 Å². The summed E-state index contributed by atoms with van der Waals surface area (Å²) in [5.74, 6) is 1.33. The Morgan fingerprint density at radius 1 is 1.23 bits per heavy atom. The molecule has 2 aromatic heterocycles. The third-order valence-corrected chi connectivity index (χ3v) is 4.06. The Labute approximate surface area is 151 Å². The van der Waals surface area contributed by atoms with Crippen molar-refractivity contribution < 1.29 is 19.0 Å². The van der Waals surface area contributed by atoms with Crippen molar-refractivity contribution in [3.05, 3.63) is 35.8 Å². The van der Waals surface area contributed by atoms with Gasteiger partial charge in [0.05, 0.1) is 12.8 Å². The molecule has 0 radical (unpaired) electrons. The van der Waals surface area contributed by atoms with Crippen LogP contribution in [0.5, 0.6) is 5.88 Å². The zero-order chi connectivity index (χ0) is 18.5. The molecule has 0 aliphatic carbocycles. The number of pyridine rings is 1. The molecule has 0 saturated heterocycles. The molecule has 0 saturated carbocycles. The number of hydrogen-bond donors (Lipinski definition) is 1. The first-order valence-corrected chi connectivity index (χ1v) is 8.16. The van der Waals surface area contributed by atoms with Gasteiger partial charge in [0.25, 0.3) is 0 Å². The number of carbonyl (C=O) groups is 1. The predicted octanol–water partition coefficient (Wildman–Crippen LogP) is 2.16. The molecule has 2 amide bonds. The largest absolute Gasteiger partial charge is 0.481 e. The number of urea groups is 1. The summed E-state index contributed by atoms with van der Waals surface area (Å²) in [4.78, 5) is 26.9. The average Bonchev–Trinajstić information content (AvgIpc) is 2.68. The first-order chi connectivity index (χ1) is 12.7. The van der Waals surface area contributed by atoms with Crippen molar-refractivity contribution in [1.29, 1.82) is 0 Å². The summed E-state index contributed by atoms with van der Waals surface area (Å²) < 4.78 is 15.6. The summed E-state index contributed by atoms with van der Waals surface area (Å²) in [6.45, 7) is 0.558. The van der Waals surface area contributed by atoms with Gasteiger partial charge in [-0.25, -0.2) is 19.7 Å². The average molecular weight is 359 g/mol. The number of ether oxygens (including phenoxy) is 3. The van der Waals surface area contributed by atoms with Gasteiger partial charge < -0.3 is 14.2 Å². The van der Waals surface area contributed by atoms with Gasteiger partial charge in [-0.15, -0.1) is 0 Å². The van der Waals surface area contributed by atoms with Gasteiger partial charge in [0, 0.05) is 26.8 Å². The number of rotatable bonds is 5. The van der Waals surface area contributed by atoms with Gasteiger partial charge in [-0.05, 0) is 24.5 Å². The number of aryl methyl sites for hydroxylation is 1. The second kappa shape index (κ2) is 8.07. The molecule has 0 atom stereocenters. The summed E-state index contributed by atoms with van der Waals surface area (Å²) >= 11 is 0. The number of hydrogen-bond acceptors (Lipinski definition) is 7. The number of fused-ring (bicyclic) bond motifs is 1. The van der Waals surface area contributed by atoms with Crippen LogP contribution in [-0.4, -0.2) is 48.9 Å². The molecule has 3 rings (SSSR count). The molecular formula is C17H21N5O4. The van der Waals surface area contributed by atoms with Crippen LogP contribution in [0.25, 0.3) is 0 Å². The van der Waals surface area contributed by atoms with E-state index in [1.165, 1.54) is 13.4 Å². The first kappa shape index (κ1) is 18.0. The highest BCUT2D eigenvalue weighted by molar-refractivity contribution is 6.01. The van der Waals surface area contributed by atoms with Crippen LogP contribution in [0.4, 0.5) is 16.4 Å². The normalized spacial score (nSPS) is 13.5. The fourth-order valence-electron chi connectivity index (χ4n) is 2.82. The van der Waals surface area contributed by atoms with E-state index < -0.39 is 6.29 Å². The standard InChI is InChI=1S/C17H21N5O4/c1-24-14-9-13(18-10-19-14)21-17(23)22-8-4-5-11-6-7-12(20-15(11)22)16(25-2)26-3/h6-7,9-10,16H,4-5,8H2,1-3H3,(H,18,19,21,23). The highest BCUT2D eigenvalue weighted by atomic mass is 16.7. The fourth-order valence-corrected chi connectivity index (χ4v) is 2.82. The third kappa shape index (κ3) is 3.73. The minimum absolute atomic E-state index is 0.317. The Morgan fingerprint density at radius 2 is 2.04 bits per heavy atom. The molecule has 0 spiro atoms. The van der Waals surface area contributed by atoms with Gasteiger partial charge in [0.15, 0.2) is 0 Å². The summed E-state index contributed by atoms with van der Waals surface area (Å²) in [5.41, 5.74) is 1.61. The molecule has 1 N–H and O–H groups in total. The van der Waals surface area contributed by atoms with Crippen molar-refractivity contribution in [3.8, 4) is 5.88 Å². The molecule has 9 nitrogen and oxygen atoms in total. The molecule has 0 fully saturated rings. The van der Waals surface area contributed by atoms with E-state index in [0.29, 0.717) is 29.8 Å². The molecule has 0 unspecified atom stereocenters. The Hall–Kier alpha value is -2.78. The van der Waals surface area contributed by atoms with E-state index in [4.69, 9.17) is 14.2 Å². The lowest BCUT2D eigenvalue weighted by atomic mass is 10.1. The van der Waals surface area contributed by atoms with Crippen molar-refractivity contribution in [3.63, 3.8) is 0 Å². The van der Waals surface area contributed by atoms with E-state index in [0.717, 1.165) is 18.4 Å². The van der Waals surface area contributed by atoms with Crippen LogP contribution in [0, 0.1) is 0 Å². The zero-order valence-electron chi connectivity index (χ0n) is 14.9. The maximum absolute atomic E-state index is 12.8. The van der Waals surface area contributed by atoms with E-state index in [-0.39, 0.29) is 6.03 Å². The van der Waals surface area contributed by atoms with Crippen LogP contribution in [0.3, 0.4) is 0 Å². The van der Waals surface area contributed by atoms with Crippen molar-refractivity contribution in [2.75, 3.05) is 38.1 Å². The number of anilines is 2. The Balaban J connectivity index is 1.85. The second-order valence-corrected chi connectivity index (χ2v) is 5.65. The van der Waals surface area contributed by atoms with Crippen LogP contribution >= 0.6 is 0 Å². The first-order valence-electron chi connectivity index (χ1n) is 8.16. The molecule has 138 valence electrons. The van der Waals surface area contributed by atoms with Gasteiger partial charge in [-0.3, -0.25) is 10.2 Å². The minimum Gasteiger partial charge on any atom is -0.481 e. The lowest BCUT2D eigenvalue weighted by Crippen LogP contribution is -2.39. The summed E-state index contributed by atoms with van der Waals surface area (Å²) in [6, 6.07) is 5.05. The van der Waals surface area contributed by atoms with E-state index >= 15 is 0 Å². The highest BCUT2D eigenvalue weighted by Gasteiger charge is 2.26. The lowest BCUT2D eigenvalue weighted by molar-refractivity contribution is -0.108. The topological polar surface area (TPSA) is 98.7 Å². The molecule has 9 heteroatoms. The predicted molar refractivity (Wildman–Crippen MR) is 94.3 cm³/mol. The molecule has 1 aliphatic heterocycles. The molecule has 1 aliphatic rings. The van der Waals surface area contributed by atoms with Gasteiger partial charge in [-0.1, -0.05) is 6.07 Å². The van der Waals surface area contributed by atoms with Gasteiger partial charge in [0.2, 0.25) is 12.2 Å². The number of nitrogens with one attached hydrogen (secondary N) is 1. The van der Waals surface area contributed by atoms with Gasteiger partial charge >= 0.3 is 6.03 Å². The van der Waals surface area contributed by atoms with Crippen LogP contribution in [-0.2, 0) is 15.9 Å². The van der Waals surface area contributed by atoms with Crippen molar-refractivity contribution in [2.45, 2.75) is 19.1 Å². The number of methoxy groups -OCH3 is 3. The van der Waals surface area contributed by atoms with E-state index in [1.807, 2.05) is 12.1 Å². The van der Waals surface area contributed by atoms with Crippen molar-refractivity contribution in [2.24, 2.45) is 0 Å². The van der Waals surface area contributed by atoms with Crippen LogP contribution in [0.15, 0.2) is 24.5 Å². The zero-order valence-corrected chi connectivity index (χ0v) is 14.9. The Kier molecular flexibility index (Phi) is 5.59. The molecular weight excluding hydrogens is 338 g/mol. The van der Waals surface area contributed by atoms with Crippen LogP contribution in [0.1, 0.15) is 24.0 Å². The van der Waals surface area contributed by atoms with E-state index in [2.05, 4.69) is 20.3 Å². The lowest BCUT2D eigenvalue weighted by Gasteiger charge is -2.29. The van der Waals surface area contributed by atoms with Crippen LogP contribution < -0.4 is 15.0 Å². The molecule has 0 bridgehead atoms. The maximum Gasteiger partial charge on any atom is 0.328 e. The molecule has 2 aromatic rings. The van der Waals surface area contributed by atoms with Crippen molar-refractivity contribution >= 4 is 17.7 Å². The number of nitrogens with zero attached hydrogens (tertiary/aromatic N) is 4. The van der Waals surface area contributed by atoms with Gasteiger partial charge in [-0.2, -0.15) is 0 Å². The molecule has 3 heterocycles. The smallest absolute Gasteiger partial charge is 0.328 e. The summed E-state index contributed by atoms with van der Waals surface area (Å²) in [6.07, 6.45) is 2.46. The Bertz CT molecular complexity index is 781. The highest BCUT2D eigenvalue weighted by Crippen LogP contribution is 2.28. The van der Waals surface area contributed by atoms with Gasteiger partial charge in [0.1, 0.15) is 18.0 Å². The fraction of sp³-hybridized carbons (Fsp3) is 0.412. The number of amides is 2.